The molecule has 0 bridgehead atoms. The van der Waals surface area contributed by atoms with Crippen molar-refractivity contribution in [1.82, 2.24) is 15.5 Å². The fourth-order valence-corrected chi connectivity index (χ4v) is 5.79. The maximum absolute atomic E-state index is 11.1. The van der Waals surface area contributed by atoms with Crippen molar-refractivity contribution in [2.24, 2.45) is 11.8 Å². The summed E-state index contributed by atoms with van der Waals surface area (Å²) in [5.74, 6) is 0.951. The van der Waals surface area contributed by atoms with Crippen LogP contribution < -0.4 is 10.6 Å². The first-order chi connectivity index (χ1) is 13.0. The van der Waals surface area contributed by atoms with Gasteiger partial charge in [-0.25, -0.2) is 0 Å². The Balaban J connectivity index is 1.25. The summed E-state index contributed by atoms with van der Waals surface area (Å²) in [4.78, 5) is 2.22. The largest absolute Gasteiger partial charge is 0.386 e. The van der Waals surface area contributed by atoms with Crippen molar-refractivity contribution in [1.29, 1.82) is 0 Å². The van der Waals surface area contributed by atoms with Gasteiger partial charge in [0.15, 0.2) is 0 Å². The van der Waals surface area contributed by atoms with Gasteiger partial charge in [-0.1, -0.05) is 0 Å². The van der Waals surface area contributed by atoms with Gasteiger partial charge in [0.05, 0.1) is 24.5 Å². The van der Waals surface area contributed by atoms with Gasteiger partial charge in [0.2, 0.25) is 0 Å². The van der Waals surface area contributed by atoms with E-state index in [1.807, 2.05) is 0 Å². The molecule has 0 spiro atoms. The van der Waals surface area contributed by atoms with E-state index in [4.69, 9.17) is 14.2 Å². The van der Waals surface area contributed by atoms with Crippen molar-refractivity contribution in [2.75, 3.05) is 26.6 Å². The van der Waals surface area contributed by atoms with Gasteiger partial charge in [-0.05, 0) is 44.9 Å². The highest BCUT2D eigenvalue weighted by molar-refractivity contribution is 5.04. The van der Waals surface area contributed by atoms with Gasteiger partial charge in [-0.15, -0.1) is 0 Å². The van der Waals surface area contributed by atoms with Gasteiger partial charge < -0.3 is 29.7 Å². The monoisotopic (exact) mass is 383 g/mol. The minimum Gasteiger partial charge on any atom is -0.386 e. The van der Waals surface area contributed by atoms with E-state index >= 15 is 0 Å². The number of nitrogens with one attached hydrogen (secondary N) is 2. The highest BCUT2D eigenvalue weighted by Gasteiger charge is 2.56. The van der Waals surface area contributed by atoms with E-state index in [1.165, 1.54) is 0 Å². The molecule has 0 aromatic heterocycles. The molecule has 8 nitrogen and oxygen atoms in total. The molecule has 5 unspecified atom stereocenters. The molecule has 4 heterocycles. The van der Waals surface area contributed by atoms with Crippen molar-refractivity contribution < 1.29 is 24.4 Å². The maximum Gasteiger partial charge on any atom is 0.147 e. The smallest absolute Gasteiger partial charge is 0.147 e. The molecule has 5 aliphatic rings. The van der Waals surface area contributed by atoms with Crippen LogP contribution in [0, 0.1) is 11.8 Å². The molecule has 5 rings (SSSR count). The molecule has 154 valence electrons. The van der Waals surface area contributed by atoms with Crippen molar-refractivity contribution in [2.45, 2.75) is 81.4 Å². The number of aliphatic hydroxyl groups is 2. The zero-order valence-electron chi connectivity index (χ0n) is 16.0. The van der Waals surface area contributed by atoms with Gasteiger partial charge in [-0.3, -0.25) is 10.2 Å². The lowest BCUT2D eigenvalue weighted by molar-refractivity contribution is -0.108. The Morgan fingerprint density at radius 2 is 2.04 bits per heavy atom. The number of rotatable bonds is 3. The average Bonchev–Trinajstić information content (AvgIpc) is 3.35. The third-order valence-electron chi connectivity index (χ3n) is 7.51. The third-order valence-corrected chi connectivity index (χ3v) is 7.51. The molecule has 0 amide bonds. The normalized spacial score (nSPS) is 53.4. The van der Waals surface area contributed by atoms with Crippen LogP contribution in [0.25, 0.3) is 0 Å². The Bertz CT molecular complexity index is 549. The summed E-state index contributed by atoms with van der Waals surface area (Å²) < 4.78 is 17.6. The molecule has 0 radical (unpaired) electrons. The first-order valence-corrected chi connectivity index (χ1v) is 10.5. The van der Waals surface area contributed by atoms with Crippen LogP contribution in [-0.4, -0.2) is 84.1 Å². The fourth-order valence-electron chi connectivity index (χ4n) is 5.79. The molecule has 9 atom stereocenters. The van der Waals surface area contributed by atoms with Crippen molar-refractivity contribution >= 4 is 0 Å². The number of nitrogens with zero attached hydrogens (tertiary/aromatic N) is 1. The van der Waals surface area contributed by atoms with Crippen LogP contribution in [0.1, 0.15) is 39.0 Å². The molecular formula is C19H33N3O5. The highest BCUT2D eigenvalue weighted by Crippen LogP contribution is 2.42. The molecule has 0 aromatic carbocycles. The minimum atomic E-state index is -1.24. The average molecular weight is 383 g/mol. The maximum atomic E-state index is 11.1. The van der Waals surface area contributed by atoms with Gasteiger partial charge in [0.25, 0.3) is 0 Å². The van der Waals surface area contributed by atoms with E-state index in [1.54, 1.807) is 6.92 Å². The number of hydrogen-bond donors (Lipinski definition) is 4. The summed E-state index contributed by atoms with van der Waals surface area (Å²) in [5.41, 5.74) is -1.24. The van der Waals surface area contributed by atoms with Crippen LogP contribution in [0.15, 0.2) is 0 Å². The van der Waals surface area contributed by atoms with E-state index < -0.39 is 17.9 Å². The molecule has 4 saturated heterocycles. The lowest BCUT2D eigenvalue weighted by atomic mass is 9.79. The first kappa shape index (κ1) is 18.7. The van der Waals surface area contributed by atoms with Crippen LogP contribution in [0.4, 0.5) is 0 Å². The number of aliphatic hydroxyl groups excluding tert-OH is 1. The second-order valence-electron chi connectivity index (χ2n) is 9.20. The Morgan fingerprint density at radius 1 is 1.19 bits per heavy atom. The second kappa shape index (κ2) is 7.18. The van der Waals surface area contributed by atoms with Gasteiger partial charge in [0.1, 0.15) is 24.7 Å². The summed E-state index contributed by atoms with van der Waals surface area (Å²) in [7, 11) is 0. The quantitative estimate of drug-likeness (QED) is 0.521. The van der Waals surface area contributed by atoms with Crippen LogP contribution in [0.2, 0.25) is 0 Å². The SMILES string of the molecule is C[C@@]1(O)[C@@H](CC2CCC3OCOC3C2)O[C@@H](N2CCC3CNCNC32)[C@@H]1O. The predicted molar refractivity (Wildman–Crippen MR) is 96.5 cm³/mol. The summed E-state index contributed by atoms with van der Waals surface area (Å²) in [6, 6.07) is 0. The topological polar surface area (TPSA) is 95.5 Å². The van der Waals surface area contributed by atoms with E-state index in [-0.39, 0.29) is 24.5 Å². The highest BCUT2D eigenvalue weighted by atomic mass is 16.7. The molecule has 27 heavy (non-hydrogen) atoms. The number of fused-ring (bicyclic) bond motifs is 2. The van der Waals surface area contributed by atoms with Crippen LogP contribution in [-0.2, 0) is 14.2 Å². The van der Waals surface area contributed by atoms with Crippen LogP contribution >= 0.6 is 0 Å². The Labute approximate surface area is 160 Å². The lowest BCUT2D eigenvalue weighted by Gasteiger charge is -2.37. The second-order valence-corrected chi connectivity index (χ2v) is 9.20. The summed E-state index contributed by atoms with van der Waals surface area (Å²) >= 11 is 0. The zero-order chi connectivity index (χ0) is 18.6. The van der Waals surface area contributed by atoms with E-state index in [0.29, 0.717) is 18.6 Å². The standard InChI is InChI=1S/C19H33N3O5/c1-19(24)15(7-11-2-3-13-14(6-11)26-10-25-13)27-18(16(19)23)22-5-4-12-8-20-9-21-17(12)22/h11-18,20-21,23-24H,2-10H2,1H3/t11?,12?,13?,14?,15-,16+,17?,18-,19-/m1/s1. The van der Waals surface area contributed by atoms with Crippen LogP contribution in [0.5, 0.6) is 0 Å². The van der Waals surface area contributed by atoms with E-state index in [9.17, 15) is 10.2 Å². The fraction of sp³-hybridized carbons (Fsp3) is 1.00. The van der Waals surface area contributed by atoms with Gasteiger partial charge in [0, 0.05) is 25.7 Å². The van der Waals surface area contributed by atoms with Crippen molar-refractivity contribution in [3.8, 4) is 0 Å². The molecule has 1 aliphatic carbocycles. The Kier molecular flexibility index (Phi) is 4.97. The number of hydrogen-bond acceptors (Lipinski definition) is 8. The summed E-state index contributed by atoms with van der Waals surface area (Å²) in [5, 5.41) is 28.8. The van der Waals surface area contributed by atoms with E-state index in [0.717, 1.165) is 51.9 Å². The molecule has 8 heteroatoms. The summed E-state index contributed by atoms with van der Waals surface area (Å²) in [6.07, 6.45) is 3.74. The van der Waals surface area contributed by atoms with Crippen molar-refractivity contribution in [3.63, 3.8) is 0 Å². The third kappa shape index (κ3) is 3.24. The zero-order valence-corrected chi connectivity index (χ0v) is 16.0. The molecule has 4 N–H and O–H groups in total. The molecule has 4 aliphatic heterocycles. The minimum absolute atomic E-state index is 0.175. The molecular weight excluding hydrogens is 350 g/mol. The van der Waals surface area contributed by atoms with Gasteiger partial charge >= 0.3 is 0 Å². The number of ether oxygens (including phenoxy) is 3. The Morgan fingerprint density at radius 3 is 2.93 bits per heavy atom. The van der Waals surface area contributed by atoms with Crippen LogP contribution in [0.3, 0.4) is 0 Å². The predicted octanol–water partition coefficient (Wildman–Crippen LogP) is -0.447. The first-order valence-electron chi connectivity index (χ1n) is 10.5. The molecule has 1 saturated carbocycles. The van der Waals surface area contributed by atoms with E-state index in [2.05, 4.69) is 15.5 Å². The summed E-state index contributed by atoms with van der Waals surface area (Å²) in [6.45, 7) is 4.77. The van der Waals surface area contributed by atoms with Crippen molar-refractivity contribution in [3.05, 3.63) is 0 Å². The number of likely N-dealkylation sites (tertiary alicyclic amines) is 1. The molecule has 0 aromatic rings. The molecule has 5 fully saturated rings. The van der Waals surface area contributed by atoms with Gasteiger partial charge in [-0.2, -0.15) is 0 Å². The Hall–Kier alpha value is -0.320. The lowest BCUT2D eigenvalue weighted by Crippen LogP contribution is -2.59.